The van der Waals surface area contributed by atoms with Gasteiger partial charge in [-0.05, 0) is 38.2 Å². The maximum absolute atomic E-state index is 6.50. The number of alkyl halides is 1. The second-order valence-corrected chi connectivity index (χ2v) is 7.24. The second-order valence-electron chi connectivity index (χ2n) is 5.94. The number of hydrogen-bond acceptors (Lipinski definition) is 1. The molecule has 2 aliphatic rings. The molecule has 98 valence electrons. The van der Waals surface area contributed by atoms with Gasteiger partial charge in [-0.1, -0.05) is 58.6 Å². The van der Waals surface area contributed by atoms with Gasteiger partial charge in [0, 0.05) is 4.83 Å². The molecular formula is C16H21BrO. The van der Waals surface area contributed by atoms with Gasteiger partial charge in [0.05, 0.1) is 11.7 Å². The SMILES string of the molecule is Cc1ccc([C@@H]2C[C@H](Br)CC3(CCCC3)O2)cc1. The Kier molecular flexibility index (Phi) is 3.50. The van der Waals surface area contributed by atoms with E-state index in [0.717, 1.165) is 6.42 Å². The van der Waals surface area contributed by atoms with Crippen molar-refractivity contribution in [2.45, 2.75) is 62.0 Å². The van der Waals surface area contributed by atoms with Crippen LogP contribution in [0.2, 0.25) is 0 Å². The first-order valence-electron chi connectivity index (χ1n) is 7.05. The van der Waals surface area contributed by atoms with Gasteiger partial charge in [-0.2, -0.15) is 0 Å². The third-order valence-electron chi connectivity index (χ3n) is 4.42. The topological polar surface area (TPSA) is 9.23 Å². The molecule has 1 nitrogen and oxygen atoms in total. The summed E-state index contributed by atoms with van der Waals surface area (Å²) in [5.74, 6) is 0. The summed E-state index contributed by atoms with van der Waals surface area (Å²) in [6, 6.07) is 8.84. The van der Waals surface area contributed by atoms with Crippen LogP contribution in [0.15, 0.2) is 24.3 Å². The van der Waals surface area contributed by atoms with Crippen LogP contribution in [0.4, 0.5) is 0 Å². The van der Waals surface area contributed by atoms with Crippen LogP contribution in [0.25, 0.3) is 0 Å². The van der Waals surface area contributed by atoms with E-state index in [4.69, 9.17) is 4.74 Å². The van der Waals surface area contributed by atoms with Crippen LogP contribution < -0.4 is 0 Å². The van der Waals surface area contributed by atoms with E-state index < -0.39 is 0 Å². The molecule has 1 aliphatic carbocycles. The lowest BCUT2D eigenvalue weighted by Gasteiger charge is -2.41. The van der Waals surface area contributed by atoms with Crippen LogP contribution in [-0.4, -0.2) is 10.4 Å². The van der Waals surface area contributed by atoms with E-state index in [1.165, 1.54) is 43.2 Å². The quantitative estimate of drug-likeness (QED) is 0.669. The molecular weight excluding hydrogens is 288 g/mol. The van der Waals surface area contributed by atoms with Crippen LogP contribution in [0.1, 0.15) is 55.8 Å². The van der Waals surface area contributed by atoms with Gasteiger partial charge in [0.15, 0.2) is 0 Å². The van der Waals surface area contributed by atoms with E-state index in [2.05, 4.69) is 47.1 Å². The first kappa shape index (κ1) is 12.7. The molecule has 0 aromatic heterocycles. The molecule has 0 N–H and O–H groups in total. The number of aryl methyl sites for hydroxylation is 1. The van der Waals surface area contributed by atoms with Gasteiger partial charge >= 0.3 is 0 Å². The molecule has 1 heterocycles. The monoisotopic (exact) mass is 308 g/mol. The van der Waals surface area contributed by atoms with Crippen LogP contribution in [-0.2, 0) is 4.74 Å². The predicted molar refractivity (Wildman–Crippen MR) is 78.2 cm³/mol. The summed E-state index contributed by atoms with van der Waals surface area (Å²) >= 11 is 3.85. The number of benzene rings is 1. The fourth-order valence-corrected chi connectivity index (χ4v) is 4.37. The predicted octanol–water partition coefficient (Wildman–Crippen LogP) is 4.92. The minimum Gasteiger partial charge on any atom is -0.367 e. The number of rotatable bonds is 1. The standard InChI is InChI=1S/C16H21BrO/c1-12-4-6-13(7-5-12)15-10-14(17)11-16(18-15)8-2-3-9-16/h4-7,14-15H,2-3,8-11H2,1H3/t14-,15-/m0/s1. The van der Waals surface area contributed by atoms with Crippen molar-refractivity contribution in [2.24, 2.45) is 0 Å². The Labute approximate surface area is 118 Å². The molecule has 0 bridgehead atoms. The highest BCUT2D eigenvalue weighted by Crippen LogP contribution is 2.47. The lowest BCUT2D eigenvalue weighted by atomic mass is 9.88. The highest BCUT2D eigenvalue weighted by atomic mass is 79.9. The van der Waals surface area contributed by atoms with Crippen molar-refractivity contribution in [1.29, 1.82) is 0 Å². The summed E-state index contributed by atoms with van der Waals surface area (Å²) in [5, 5.41) is 0. The molecule has 0 unspecified atom stereocenters. The number of halogens is 1. The zero-order valence-corrected chi connectivity index (χ0v) is 12.6. The molecule has 1 saturated carbocycles. The summed E-state index contributed by atoms with van der Waals surface area (Å²) in [6.45, 7) is 2.14. The molecule has 1 aromatic carbocycles. The largest absolute Gasteiger partial charge is 0.367 e. The summed E-state index contributed by atoms with van der Waals surface area (Å²) < 4.78 is 6.50. The maximum Gasteiger partial charge on any atom is 0.0843 e. The van der Waals surface area contributed by atoms with E-state index in [1.807, 2.05) is 0 Å². The van der Waals surface area contributed by atoms with Crippen molar-refractivity contribution in [2.75, 3.05) is 0 Å². The zero-order valence-electron chi connectivity index (χ0n) is 11.0. The first-order valence-corrected chi connectivity index (χ1v) is 7.97. The molecule has 1 saturated heterocycles. The fourth-order valence-electron chi connectivity index (χ4n) is 3.44. The molecule has 2 atom stereocenters. The third-order valence-corrected chi connectivity index (χ3v) is 5.12. The van der Waals surface area contributed by atoms with Crippen molar-refractivity contribution in [3.8, 4) is 0 Å². The van der Waals surface area contributed by atoms with E-state index in [0.29, 0.717) is 4.83 Å². The molecule has 1 aromatic rings. The molecule has 18 heavy (non-hydrogen) atoms. The Morgan fingerprint density at radius 3 is 2.50 bits per heavy atom. The molecule has 1 spiro atoms. The van der Waals surface area contributed by atoms with Gasteiger partial charge in [0.1, 0.15) is 0 Å². The van der Waals surface area contributed by atoms with E-state index >= 15 is 0 Å². The average molecular weight is 309 g/mol. The lowest BCUT2D eigenvalue weighted by Crippen LogP contribution is -2.39. The van der Waals surface area contributed by atoms with Crippen molar-refractivity contribution in [1.82, 2.24) is 0 Å². The minimum atomic E-state index is 0.169. The third kappa shape index (κ3) is 2.50. The Morgan fingerprint density at radius 2 is 1.83 bits per heavy atom. The maximum atomic E-state index is 6.50. The van der Waals surface area contributed by atoms with Crippen molar-refractivity contribution < 1.29 is 4.74 Å². The fraction of sp³-hybridized carbons (Fsp3) is 0.625. The van der Waals surface area contributed by atoms with Crippen molar-refractivity contribution in [3.05, 3.63) is 35.4 Å². The zero-order chi connectivity index (χ0) is 12.6. The molecule has 2 fully saturated rings. The summed E-state index contributed by atoms with van der Waals surface area (Å²) in [6.07, 6.45) is 7.73. The lowest BCUT2D eigenvalue weighted by molar-refractivity contribution is -0.123. The summed E-state index contributed by atoms with van der Waals surface area (Å²) in [4.78, 5) is 0.607. The Balaban J connectivity index is 1.81. The average Bonchev–Trinajstić information content (AvgIpc) is 2.77. The van der Waals surface area contributed by atoms with Gasteiger partial charge in [-0.3, -0.25) is 0 Å². The number of hydrogen-bond donors (Lipinski definition) is 0. The second kappa shape index (κ2) is 4.97. The van der Waals surface area contributed by atoms with Gasteiger partial charge < -0.3 is 4.74 Å². The van der Waals surface area contributed by atoms with Gasteiger partial charge in [-0.25, -0.2) is 0 Å². The van der Waals surface area contributed by atoms with E-state index in [-0.39, 0.29) is 11.7 Å². The molecule has 3 rings (SSSR count). The molecule has 1 aliphatic heterocycles. The van der Waals surface area contributed by atoms with E-state index in [9.17, 15) is 0 Å². The Bertz CT molecular complexity index is 406. The summed E-state index contributed by atoms with van der Waals surface area (Å²) in [7, 11) is 0. The van der Waals surface area contributed by atoms with Crippen LogP contribution in [0.5, 0.6) is 0 Å². The first-order chi connectivity index (χ1) is 8.67. The molecule has 2 heteroatoms. The van der Waals surface area contributed by atoms with E-state index in [1.54, 1.807) is 0 Å². The molecule has 0 radical (unpaired) electrons. The van der Waals surface area contributed by atoms with Crippen molar-refractivity contribution >= 4 is 15.9 Å². The van der Waals surface area contributed by atoms with Crippen molar-refractivity contribution in [3.63, 3.8) is 0 Å². The van der Waals surface area contributed by atoms with Crippen LogP contribution >= 0.6 is 15.9 Å². The minimum absolute atomic E-state index is 0.169. The van der Waals surface area contributed by atoms with Crippen LogP contribution in [0, 0.1) is 6.92 Å². The normalized spacial score (nSPS) is 30.8. The molecule has 0 amide bonds. The van der Waals surface area contributed by atoms with Gasteiger partial charge in [0.2, 0.25) is 0 Å². The highest BCUT2D eigenvalue weighted by Gasteiger charge is 2.43. The van der Waals surface area contributed by atoms with Gasteiger partial charge in [0.25, 0.3) is 0 Å². The highest BCUT2D eigenvalue weighted by molar-refractivity contribution is 9.09. The smallest absolute Gasteiger partial charge is 0.0843 e. The Hall–Kier alpha value is -0.340. The Morgan fingerprint density at radius 1 is 1.17 bits per heavy atom. The van der Waals surface area contributed by atoms with Crippen LogP contribution in [0.3, 0.4) is 0 Å². The number of ether oxygens (including phenoxy) is 1. The summed E-state index contributed by atoms with van der Waals surface area (Å²) in [5.41, 5.74) is 2.83. The van der Waals surface area contributed by atoms with Gasteiger partial charge in [-0.15, -0.1) is 0 Å².